The molecule has 1 atom stereocenters. The molecule has 0 spiro atoms. The first kappa shape index (κ1) is 15.4. The van der Waals surface area contributed by atoms with Gasteiger partial charge in [0.05, 0.1) is 0 Å². The lowest BCUT2D eigenvalue weighted by molar-refractivity contribution is 0.588. The zero-order chi connectivity index (χ0) is 14.2. The van der Waals surface area contributed by atoms with Crippen LogP contribution in [0.15, 0.2) is 24.3 Å². The van der Waals surface area contributed by atoms with Crippen molar-refractivity contribution in [2.24, 2.45) is 5.73 Å². The average Bonchev–Trinajstić information content (AvgIpc) is 2.82. The number of rotatable bonds is 9. The number of unbranched alkanes of at least 4 members (excludes halogenated alkanes) is 5. The van der Waals surface area contributed by atoms with Crippen molar-refractivity contribution in [2.75, 3.05) is 24.5 Å². The van der Waals surface area contributed by atoms with Gasteiger partial charge < -0.3 is 10.6 Å². The van der Waals surface area contributed by atoms with Crippen LogP contribution >= 0.6 is 0 Å². The number of fused-ring (bicyclic) bond motifs is 1. The van der Waals surface area contributed by atoms with E-state index in [1.54, 1.807) is 0 Å². The van der Waals surface area contributed by atoms with Crippen molar-refractivity contribution in [1.82, 2.24) is 0 Å². The van der Waals surface area contributed by atoms with Crippen LogP contribution in [0.1, 0.15) is 63.4 Å². The lowest BCUT2D eigenvalue weighted by atomic mass is 9.98. The van der Waals surface area contributed by atoms with E-state index in [1.807, 2.05) is 0 Å². The summed E-state index contributed by atoms with van der Waals surface area (Å²) < 4.78 is 0. The zero-order valence-electron chi connectivity index (χ0n) is 13.0. The molecule has 2 nitrogen and oxygen atoms in total. The van der Waals surface area contributed by atoms with Gasteiger partial charge in [-0.15, -0.1) is 0 Å². The Morgan fingerprint density at radius 1 is 1.10 bits per heavy atom. The third kappa shape index (κ3) is 3.99. The van der Waals surface area contributed by atoms with Gasteiger partial charge in [0.2, 0.25) is 0 Å². The van der Waals surface area contributed by atoms with E-state index >= 15 is 0 Å². The topological polar surface area (TPSA) is 29.3 Å². The Morgan fingerprint density at radius 3 is 2.65 bits per heavy atom. The molecule has 1 aliphatic rings. The molecule has 2 heteroatoms. The van der Waals surface area contributed by atoms with E-state index in [9.17, 15) is 0 Å². The molecule has 1 aliphatic heterocycles. The number of nitrogens with zero attached hydrogens (tertiary/aromatic N) is 1. The van der Waals surface area contributed by atoms with Gasteiger partial charge in [-0.3, -0.25) is 0 Å². The normalized spacial score (nSPS) is 17.5. The number of para-hydroxylation sites is 1. The highest BCUT2D eigenvalue weighted by atomic mass is 15.2. The minimum Gasteiger partial charge on any atom is -0.371 e. The third-order valence-corrected chi connectivity index (χ3v) is 4.45. The van der Waals surface area contributed by atoms with Gasteiger partial charge >= 0.3 is 0 Å². The van der Waals surface area contributed by atoms with Crippen molar-refractivity contribution in [3.8, 4) is 0 Å². The van der Waals surface area contributed by atoms with Crippen molar-refractivity contribution >= 4 is 5.69 Å². The van der Waals surface area contributed by atoms with Gasteiger partial charge in [-0.25, -0.2) is 0 Å². The molecule has 20 heavy (non-hydrogen) atoms. The number of benzene rings is 1. The number of anilines is 1. The molecular weight excluding hydrogens is 244 g/mol. The molecule has 0 amide bonds. The fourth-order valence-electron chi connectivity index (χ4n) is 3.33. The fourth-order valence-corrected chi connectivity index (χ4v) is 3.33. The molecule has 0 bridgehead atoms. The molecule has 2 rings (SSSR count). The summed E-state index contributed by atoms with van der Waals surface area (Å²) in [6.45, 7) is 5.46. The molecule has 112 valence electrons. The number of hydrogen-bond acceptors (Lipinski definition) is 2. The largest absolute Gasteiger partial charge is 0.371 e. The molecule has 0 fully saturated rings. The first-order valence-corrected chi connectivity index (χ1v) is 8.40. The highest BCUT2D eigenvalue weighted by molar-refractivity contribution is 5.60. The lowest BCUT2D eigenvalue weighted by Crippen LogP contribution is -2.23. The maximum absolute atomic E-state index is 5.76. The van der Waals surface area contributed by atoms with Crippen molar-refractivity contribution in [2.45, 2.75) is 57.8 Å². The average molecular weight is 274 g/mol. The summed E-state index contributed by atoms with van der Waals surface area (Å²) in [4.78, 5) is 2.58. The van der Waals surface area contributed by atoms with Crippen LogP contribution in [0.5, 0.6) is 0 Å². The van der Waals surface area contributed by atoms with E-state index in [2.05, 4.69) is 36.1 Å². The molecule has 1 aromatic carbocycles. The van der Waals surface area contributed by atoms with Crippen LogP contribution in [0.2, 0.25) is 0 Å². The molecule has 0 aliphatic carbocycles. The van der Waals surface area contributed by atoms with Crippen molar-refractivity contribution in [3.63, 3.8) is 0 Å². The van der Waals surface area contributed by atoms with Gasteiger partial charge in [-0.1, -0.05) is 57.2 Å². The molecule has 2 N–H and O–H groups in total. The first-order chi connectivity index (χ1) is 9.86. The monoisotopic (exact) mass is 274 g/mol. The van der Waals surface area contributed by atoms with E-state index in [-0.39, 0.29) is 0 Å². The Labute approximate surface area is 124 Å². The highest BCUT2D eigenvalue weighted by Crippen LogP contribution is 2.37. The number of hydrogen-bond donors (Lipinski definition) is 1. The summed E-state index contributed by atoms with van der Waals surface area (Å²) in [6.07, 6.45) is 9.35. The Balaban J connectivity index is 1.81. The minimum absolute atomic E-state index is 0.649. The SMILES string of the molecule is CCCCCCCCN1CC(CCN)c2ccccc21. The standard InChI is InChI=1S/C18H30N2/c1-2-3-4-5-6-9-14-20-15-16(12-13-19)17-10-7-8-11-18(17)20/h7-8,10-11,16H,2-6,9,12-15,19H2,1H3. The maximum Gasteiger partial charge on any atom is 0.0402 e. The van der Waals surface area contributed by atoms with Crippen LogP contribution in [0, 0.1) is 0 Å². The van der Waals surface area contributed by atoms with Crippen LogP contribution in [0.25, 0.3) is 0 Å². The van der Waals surface area contributed by atoms with E-state index in [4.69, 9.17) is 5.73 Å². The minimum atomic E-state index is 0.649. The van der Waals surface area contributed by atoms with Gasteiger partial charge in [-0.05, 0) is 31.0 Å². The first-order valence-electron chi connectivity index (χ1n) is 8.40. The van der Waals surface area contributed by atoms with Crippen LogP contribution < -0.4 is 10.6 Å². The summed E-state index contributed by atoms with van der Waals surface area (Å²) in [5, 5.41) is 0. The second-order valence-electron chi connectivity index (χ2n) is 6.05. The Bertz CT molecular complexity index is 389. The Hall–Kier alpha value is -1.02. The van der Waals surface area contributed by atoms with E-state index in [1.165, 1.54) is 62.9 Å². The van der Waals surface area contributed by atoms with Crippen LogP contribution in [0.3, 0.4) is 0 Å². The fraction of sp³-hybridized carbons (Fsp3) is 0.667. The van der Waals surface area contributed by atoms with Gasteiger partial charge in [0, 0.05) is 24.7 Å². The van der Waals surface area contributed by atoms with Gasteiger partial charge in [0.15, 0.2) is 0 Å². The Morgan fingerprint density at radius 2 is 1.85 bits per heavy atom. The van der Waals surface area contributed by atoms with Gasteiger partial charge in [-0.2, -0.15) is 0 Å². The summed E-state index contributed by atoms with van der Waals surface area (Å²) in [5.74, 6) is 0.649. The molecule has 0 saturated carbocycles. The maximum atomic E-state index is 5.76. The summed E-state index contributed by atoms with van der Waals surface area (Å²) in [5.41, 5.74) is 8.74. The zero-order valence-corrected chi connectivity index (χ0v) is 13.0. The predicted octanol–water partition coefficient (Wildman–Crippen LogP) is 4.30. The highest BCUT2D eigenvalue weighted by Gasteiger charge is 2.26. The summed E-state index contributed by atoms with van der Waals surface area (Å²) >= 11 is 0. The lowest BCUT2D eigenvalue weighted by Gasteiger charge is -2.19. The summed E-state index contributed by atoms with van der Waals surface area (Å²) in [6, 6.07) is 8.90. The van der Waals surface area contributed by atoms with E-state index in [0.717, 1.165) is 13.0 Å². The van der Waals surface area contributed by atoms with E-state index < -0.39 is 0 Å². The molecule has 1 unspecified atom stereocenters. The van der Waals surface area contributed by atoms with Crippen LogP contribution in [0.4, 0.5) is 5.69 Å². The Kier molecular flexibility index (Phi) is 6.38. The van der Waals surface area contributed by atoms with Crippen molar-refractivity contribution in [1.29, 1.82) is 0 Å². The van der Waals surface area contributed by atoms with Gasteiger partial charge in [0.1, 0.15) is 0 Å². The molecule has 1 heterocycles. The van der Waals surface area contributed by atoms with Gasteiger partial charge in [0.25, 0.3) is 0 Å². The predicted molar refractivity (Wildman–Crippen MR) is 88.4 cm³/mol. The van der Waals surface area contributed by atoms with Crippen molar-refractivity contribution < 1.29 is 0 Å². The smallest absolute Gasteiger partial charge is 0.0402 e. The molecule has 1 aromatic rings. The van der Waals surface area contributed by atoms with Crippen LogP contribution in [-0.4, -0.2) is 19.6 Å². The third-order valence-electron chi connectivity index (χ3n) is 4.45. The van der Waals surface area contributed by atoms with E-state index in [0.29, 0.717) is 5.92 Å². The second kappa shape index (κ2) is 8.31. The number of nitrogens with two attached hydrogens (primary N) is 1. The van der Waals surface area contributed by atoms with Crippen molar-refractivity contribution in [3.05, 3.63) is 29.8 Å². The molecule has 0 aromatic heterocycles. The molecule has 0 saturated heterocycles. The summed E-state index contributed by atoms with van der Waals surface area (Å²) in [7, 11) is 0. The molecular formula is C18H30N2. The molecule has 0 radical (unpaired) electrons. The quantitative estimate of drug-likeness (QED) is 0.680. The second-order valence-corrected chi connectivity index (χ2v) is 6.05. The van der Waals surface area contributed by atoms with Crippen LogP contribution in [-0.2, 0) is 0 Å².